The van der Waals surface area contributed by atoms with Crippen LogP contribution in [0.15, 0.2) is 42.7 Å². The smallest absolute Gasteiger partial charge is 0.236 e. The van der Waals surface area contributed by atoms with Crippen molar-refractivity contribution in [3.05, 3.63) is 48.5 Å². The van der Waals surface area contributed by atoms with Gasteiger partial charge in [0.2, 0.25) is 5.78 Å². The highest BCUT2D eigenvalue weighted by molar-refractivity contribution is 5.61. The van der Waals surface area contributed by atoms with Gasteiger partial charge in [0.1, 0.15) is 11.6 Å². The molecule has 0 radical (unpaired) electrons. The Bertz CT molecular complexity index is 673. The van der Waals surface area contributed by atoms with Gasteiger partial charge in [-0.05, 0) is 30.3 Å². The van der Waals surface area contributed by atoms with Crippen molar-refractivity contribution in [2.45, 2.75) is 0 Å². The Balaban J connectivity index is 2.14. The number of rotatable bonds is 1. The van der Waals surface area contributed by atoms with Gasteiger partial charge in [-0.1, -0.05) is 0 Å². The third-order valence-corrected chi connectivity index (χ3v) is 2.49. The van der Waals surface area contributed by atoms with Gasteiger partial charge >= 0.3 is 0 Å². The van der Waals surface area contributed by atoms with Crippen LogP contribution >= 0.6 is 0 Å². The molecule has 2 N–H and O–H groups in total. The van der Waals surface area contributed by atoms with Crippen LogP contribution in [0.5, 0.6) is 0 Å². The van der Waals surface area contributed by atoms with Crippen LogP contribution in [-0.4, -0.2) is 14.4 Å². The molecule has 2 aromatic heterocycles. The zero-order valence-electron chi connectivity index (χ0n) is 8.84. The van der Waals surface area contributed by atoms with Crippen molar-refractivity contribution in [1.29, 1.82) is 0 Å². The summed E-state index contributed by atoms with van der Waals surface area (Å²) in [5.41, 5.74) is 7.16. The van der Waals surface area contributed by atoms with Crippen molar-refractivity contribution < 1.29 is 4.39 Å². The van der Waals surface area contributed by atoms with Gasteiger partial charge in [0.05, 0.1) is 5.69 Å². The average molecular weight is 228 g/mol. The Morgan fingerprint density at radius 2 is 1.82 bits per heavy atom. The summed E-state index contributed by atoms with van der Waals surface area (Å²) in [6.45, 7) is 0. The zero-order chi connectivity index (χ0) is 11.8. The van der Waals surface area contributed by atoms with Gasteiger partial charge in [0.25, 0.3) is 0 Å². The number of halogens is 1. The van der Waals surface area contributed by atoms with Gasteiger partial charge in [-0.15, -0.1) is 0 Å². The molecule has 1 aromatic carbocycles. The van der Waals surface area contributed by atoms with E-state index in [2.05, 4.69) is 9.97 Å². The molecule has 17 heavy (non-hydrogen) atoms. The van der Waals surface area contributed by atoms with Crippen LogP contribution in [0.3, 0.4) is 0 Å². The number of anilines is 1. The van der Waals surface area contributed by atoms with Crippen LogP contribution in [0.1, 0.15) is 0 Å². The van der Waals surface area contributed by atoms with Crippen LogP contribution in [-0.2, 0) is 0 Å². The van der Waals surface area contributed by atoms with Crippen LogP contribution < -0.4 is 5.73 Å². The summed E-state index contributed by atoms with van der Waals surface area (Å²) in [5, 5.41) is 0. The van der Waals surface area contributed by atoms with Crippen molar-refractivity contribution in [3.63, 3.8) is 0 Å². The Morgan fingerprint density at radius 1 is 1.06 bits per heavy atom. The lowest BCUT2D eigenvalue weighted by atomic mass is 10.2. The van der Waals surface area contributed by atoms with E-state index in [9.17, 15) is 4.39 Å². The molecule has 0 aliphatic rings. The first-order chi connectivity index (χ1) is 8.22. The second-order valence-corrected chi connectivity index (χ2v) is 3.69. The summed E-state index contributed by atoms with van der Waals surface area (Å²) >= 11 is 0. The van der Waals surface area contributed by atoms with E-state index >= 15 is 0 Å². The molecule has 0 bridgehead atoms. The summed E-state index contributed by atoms with van der Waals surface area (Å²) in [6, 6.07) is 7.87. The van der Waals surface area contributed by atoms with Crippen molar-refractivity contribution >= 4 is 11.6 Å². The molecule has 0 aliphatic carbocycles. The molecule has 0 saturated carbocycles. The fourth-order valence-corrected chi connectivity index (χ4v) is 1.65. The van der Waals surface area contributed by atoms with E-state index in [1.54, 1.807) is 28.8 Å². The summed E-state index contributed by atoms with van der Waals surface area (Å²) in [7, 11) is 0. The first-order valence-electron chi connectivity index (χ1n) is 5.09. The number of benzene rings is 1. The van der Waals surface area contributed by atoms with Gasteiger partial charge in [0, 0.05) is 18.0 Å². The maximum atomic E-state index is 12.8. The molecule has 3 rings (SSSR count). The third kappa shape index (κ3) is 1.71. The largest absolute Gasteiger partial charge is 0.384 e. The molecule has 0 atom stereocenters. The molecule has 0 spiro atoms. The molecule has 84 valence electrons. The summed E-state index contributed by atoms with van der Waals surface area (Å²) < 4.78 is 14.6. The first kappa shape index (κ1) is 9.77. The Labute approximate surface area is 96.6 Å². The Morgan fingerprint density at radius 3 is 2.59 bits per heavy atom. The number of hydrogen-bond acceptors (Lipinski definition) is 3. The molecule has 2 heterocycles. The van der Waals surface area contributed by atoms with Crippen LogP contribution in [0.25, 0.3) is 17.0 Å². The minimum absolute atomic E-state index is 0.264. The van der Waals surface area contributed by atoms with E-state index in [0.717, 1.165) is 11.3 Å². The molecular formula is C12H9FN4. The second kappa shape index (κ2) is 3.55. The fraction of sp³-hybridized carbons (Fsp3) is 0. The SMILES string of the molecule is Nc1ccn2cc(-c3ccc(F)cc3)nc2n1. The van der Waals surface area contributed by atoms with Gasteiger partial charge in [-0.2, -0.15) is 4.98 Å². The normalized spacial score (nSPS) is 10.9. The average Bonchev–Trinajstić information content (AvgIpc) is 2.72. The number of nitrogens with two attached hydrogens (primary N) is 1. The molecule has 0 fully saturated rings. The van der Waals surface area contributed by atoms with Gasteiger partial charge in [-0.25, -0.2) is 9.37 Å². The minimum Gasteiger partial charge on any atom is -0.384 e. The predicted octanol–water partition coefficient (Wildman–Crippen LogP) is 2.12. The van der Waals surface area contributed by atoms with E-state index in [0.29, 0.717) is 11.6 Å². The predicted molar refractivity (Wildman–Crippen MR) is 62.8 cm³/mol. The summed E-state index contributed by atoms with van der Waals surface area (Å²) in [5.74, 6) is 0.693. The molecule has 0 amide bonds. The maximum Gasteiger partial charge on any atom is 0.236 e. The highest BCUT2D eigenvalue weighted by Gasteiger charge is 2.05. The van der Waals surface area contributed by atoms with Crippen LogP contribution in [0.4, 0.5) is 10.2 Å². The van der Waals surface area contributed by atoms with Crippen molar-refractivity contribution in [1.82, 2.24) is 14.4 Å². The quantitative estimate of drug-likeness (QED) is 0.694. The van der Waals surface area contributed by atoms with E-state index in [1.807, 2.05) is 6.20 Å². The topological polar surface area (TPSA) is 56.2 Å². The number of nitrogens with zero attached hydrogens (tertiary/aromatic N) is 3. The number of aromatic nitrogens is 3. The standard InChI is InChI=1S/C12H9FN4/c13-9-3-1-8(2-4-9)10-7-17-6-5-11(14)16-12(17)15-10/h1-7H,(H2,14,15,16). The summed E-state index contributed by atoms with van der Waals surface area (Å²) in [4.78, 5) is 8.42. The maximum absolute atomic E-state index is 12.8. The molecule has 5 heteroatoms. The third-order valence-electron chi connectivity index (χ3n) is 2.49. The summed E-state index contributed by atoms with van der Waals surface area (Å²) in [6.07, 6.45) is 3.62. The van der Waals surface area contributed by atoms with Gasteiger partial charge in [0.15, 0.2) is 0 Å². The number of nitrogen functional groups attached to an aromatic ring is 1. The fourth-order valence-electron chi connectivity index (χ4n) is 1.65. The van der Waals surface area contributed by atoms with Crippen molar-refractivity contribution in [2.24, 2.45) is 0 Å². The monoisotopic (exact) mass is 228 g/mol. The molecule has 0 unspecified atom stereocenters. The highest BCUT2D eigenvalue weighted by Crippen LogP contribution is 2.19. The second-order valence-electron chi connectivity index (χ2n) is 3.69. The van der Waals surface area contributed by atoms with Gasteiger partial charge in [-0.3, -0.25) is 4.40 Å². The number of imidazole rings is 1. The Kier molecular flexibility index (Phi) is 2.04. The lowest BCUT2D eigenvalue weighted by Gasteiger charge is -1.94. The van der Waals surface area contributed by atoms with Crippen molar-refractivity contribution in [2.75, 3.05) is 5.73 Å². The number of hydrogen-bond donors (Lipinski definition) is 1. The zero-order valence-corrected chi connectivity index (χ0v) is 8.84. The first-order valence-corrected chi connectivity index (χ1v) is 5.09. The van der Waals surface area contributed by atoms with Crippen LogP contribution in [0, 0.1) is 5.82 Å². The van der Waals surface area contributed by atoms with E-state index in [1.165, 1.54) is 12.1 Å². The lowest BCUT2D eigenvalue weighted by Crippen LogP contribution is -1.93. The van der Waals surface area contributed by atoms with Crippen molar-refractivity contribution in [3.8, 4) is 11.3 Å². The van der Waals surface area contributed by atoms with E-state index in [-0.39, 0.29) is 5.82 Å². The van der Waals surface area contributed by atoms with E-state index < -0.39 is 0 Å². The van der Waals surface area contributed by atoms with Crippen LogP contribution in [0.2, 0.25) is 0 Å². The molecule has 0 saturated heterocycles. The molecule has 0 aliphatic heterocycles. The molecule has 4 nitrogen and oxygen atoms in total. The number of fused-ring (bicyclic) bond motifs is 1. The van der Waals surface area contributed by atoms with E-state index in [4.69, 9.17) is 5.73 Å². The Hall–Kier alpha value is -2.43. The lowest BCUT2D eigenvalue weighted by molar-refractivity contribution is 0.628. The molecular weight excluding hydrogens is 219 g/mol. The highest BCUT2D eigenvalue weighted by atomic mass is 19.1. The molecule has 3 aromatic rings. The van der Waals surface area contributed by atoms with Gasteiger partial charge < -0.3 is 5.73 Å². The minimum atomic E-state index is -0.264.